The van der Waals surface area contributed by atoms with Crippen molar-refractivity contribution in [1.82, 2.24) is 14.8 Å². The van der Waals surface area contributed by atoms with Crippen molar-refractivity contribution in [2.24, 2.45) is 0 Å². The van der Waals surface area contributed by atoms with Gasteiger partial charge in [-0.1, -0.05) is 0 Å². The molecule has 0 spiro atoms. The molecule has 0 saturated carbocycles. The van der Waals surface area contributed by atoms with Crippen LogP contribution in [0, 0.1) is 12.7 Å². The Morgan fingerprint density at radius 2 is 1.96 bits per heavy atom. The molecule has 5 heteroatoms. The molecule has 0 fully saturated rings. The van der Waals surface area contributed by atoms with E-state index in [0.717, 1.165) is 53.4 Å². The van der Waals surface area contributed by atoms with Gasteiger partial charge in [0.15, 0.2) is 0 Å². The van der Waals surface area contributed by atoms with Gasteiger partial charge in [-0.25, -0.2) is 9.07 Å². The maximum Gasteiger partial charge on any atom is 0.132 e. The molecular weight excluding hydrogens is 291 g/mol. The first kappa shape index (κ1) is 13.9. The summed E-state index contributed by atoms with van der Waals surface area (Å²) in [5.74, 6) is 0.790. The van der Waals surface area contributed by atoms with Crippen LogP contribution in [-0.4, -0.2) is 21.3 Å². The van der Waals surface area contributed by atoms with Crippen molar-refractivity contribution in [2.45, 2.75) is 19.9 Å². The van der Waals surface area contributed by atoms with E-state index >= 15 is 0 Å². The minimum Gasteiger partial charge on any atom is -0.370 e. The predicted octanol–water partition coefficient (Wildman–Crippen LogP) is 3.88. The molecule has 0 aliphatic carbocycles. The van der Waals surface area contributed by atoms with Gasteiger partial charge in [-0.05, 0) is 55.3 Å². The molecule has 3 aromatic rings. The Bertz CT molecular complexity index is 852. The van der Waals surface area contributed by atoms with Crippen LogP contribution in [0.3, 0.4) is 0 Å². The van der Waals surface area contributed by atoms with E-state index < -0.39 is 0 Å². The zero-order chi connectivity index (χ0) is 15.8. The van der Waals surface area contributed by atoms with Crippen LogP contribution in [0.15, 0.2) is 42.6 Å². The fourth-order valence-electron chi connectivity index (χ4n) is 3.02. The zero-order valence-electron chi connectivity index (χ0n) is 12.9. The Hall–Kier alpha value is -2.69. The lowest BCUT2D eigenvalue weighted by Gasteiger charge is -2.17. The summed E-state index contributed by atoms with van der Waals surface area (Å²) in [6.07, 6.45) is 2.86. The number of nitrogens with zero attached hydrogens (tertiary/aromatic N) is 3. The molecule has 0 amide bonds. The van der Waals surface area contributed by atoms with Crippen LogP contribution in [0.4, 0.5) is 10.2 Å². The maximum absolute atomic E-state index is 13.3. The van der Waals surface area contributed by atoms with E-state index in [1.54, 1.807) is 12.1 Å². The molecular formula is C18H17FN4. The molecule has 1 aliphatic heterocycles. The molecule has 4 rings (SSSR count). The van der Waals surface area contributed by atoms with Crippen LogP contribution >= 0.6 is 0 Å². The second-order valence-electron chi connectivity index (χ2n) is 5.77. The summed E-state index contributed by atoms with van der Waals surface area (Å²) in [5, 5.41) is 8.22. The van der Waals surface area contributed by atoms with Crippen molar-refractivity contribution in [1.29, 1.82) is 0 Å². The first-order valence-corrected chi connectivity index (χ1v) is 7.76. The Morgan fingerprint density at radius 3 is 2.74 bits per heavy atom. The molecule has 116 valence electrons. The van der Waals surface area contributed by atoms with Crippen LogP contribution in [0.25, 0.3) is 22.4 Å². The second-order valence-corrected chi connectivity index (χ2v) is 5.77. The van der Waals surface area contributed by atoms with Crippen molar-refractivity contribution >= 4 is 5.82 Å². The average molecular weight is 308 g/mol. The molecule has 0 atom stereocenters. The second kappa shape index (κ2) is 5.50. The van der Waals surface area contributed by atoms with Gasteiger partial charge in [-0.2, -0.15) is 5.10 Å². The number of rotatable bonds is 2. The maximum atomic E-state index is 13.3. The first-order chi connectivity index (χ1) is 11.2. The molecule has 0 unspecified atom stereocenters. The molecule has 0 saturated heterocycles. The fourth-order valence-corrected chi connectivity index (χ4v) is 3.02. The van der Waals surface area contributed by atoms with Gasteiger partial charge < -0.3 is 5.32 Å². The summed E-state index contributed by atoms with van der Waals surface area (Å²) >= 11 is 0. The SMILES string of the molecule is Cc1cc(-c2c(-c3ccc(F)cc3)nn3c2NCCC3)ccn1. The summed E-state index contributed by atoms with van der Waals surface area (Å²) < 4.78 is 15.3. The lowest BCUT2D eigenvalue weighted by Crippen LogP contribution is -2.17. The number of pyridine rings is 1. The highest BCUT2D eigenvalue weighted by Gasteiger charge is 2.22. The van der Waals surface area contributed by atoms with Crippen molar-refractivity contribution < 1.29 is 4.39 Å². The Morgan fingerprint density at radius 1 is 1.13 bits per heavy atom. The highest BCUT2D eigenvalue weighted by atomic mass is 19.1. The third-order valence-electron chi connectivity index (χ3n) is 4.09. The summed E-state index contributed by atoms with van der Waals surface area (Å²) in [5.41, 5.74) is 4.89. The van der Waals surface area contributed by atoms with Crippen molar-refractivity contribution in [3.8, 4) is 22.4 Å². The molecule has 1 aromatic carbocycles. The summed E-state index contributed by atoms with van der Waals surface area (Å²) in [6, 6.07) is 10.6. The van der Waals surface area contributed by atoms with Gasteiger partial charge in [0.05, 0.1) is 5.56 Å². The lowest BCUT2D eigenvalue weighted by atomic mass is 10.0. The summed E-state index contributed by atoms with van der Waals surface area (Å²) in [7, 11) is 0. The van der Waals surface area contributed by atoms with E-state index in [4.69, 9.17) is 5.10 Å². The molecule has 3 heterocycles. The van der Waals surface area contributed by atoms with Gasteiger partial charge in [0.1, 0.15) is 17.3 Å². The molecule has 0 radical (unpaired) electrons. The Balaban J connectivity index is 1.95. The number of halogens is 1. The van der Waals surface area contributed by atoms with Crippen LogP contribution in [0.2, 0.25) is 0 Å². The zero-order valence-corrected chi connectivity index (χ0v) is 12.9. The first-order valence-electron chi connectivity index (χ1n) is 7.76. The average Bonchev–Trinajstić information content (AvgIpc) is 2.95. The van der Waals surface area contributed by atoms with E-state index in [9.17, 15) is 4.39 Å². The van der Waals surface area contributed by atoms with Crippen molar-refractivity contribution in [2.75, 3.05) is 11.9 Å². The standard InChI is InChI=1S/C18H17FN4/c1-12-11-14(7-9-20-12)16-17(13-3-5-15(19)6-4-13)22-23-10-2-8-21-18(16)23/h3-7,9,11,21H,2,8,10H2,1H3. The van der Waals surface area contributed by atoms with Gasteiger partial charge in [0.2, 0.25) is 0 Å². The number of aryl methyl sites for hydroxylation is 2. The Labute approximate surface area is 134 Å². The molecule has 23 heavy (non-hydrogen) atoms. The Kier molecular flexibility index (Phi) is 3.33. The topological polar surface area (TPSA) is 42.7 Å². The molecule has 4 nitrogen and oxygen atoms in total. The molecule has 2 aromatic heterocycles. The predicted molar refractivity (Wildman–Crippen MR) is 88.7 cm³/mol. The number of aromatic nitrogens is 3. The fraction of sp³-hybridized carbons (Fsp3) is 0.222. The van der Waals surface area contributed by atoms with Crippen molar-refractivity contribution in [3.05, 3.63) is 54.1 Å². The normalized spacial score (nSPS) is 13.5. The monoisotopic (exact) mass is 308 g/mol. The minimum absolute atomic E-state index is 0.239. The molecule has 1 N–H and O–H groups in total. The molecule has 1 aliphatic rings. The van der Waals surface area contributed by atoms with E-state index in [1.165, 1.54) is 12.1 Å². The number of benzene rings is 1. The lowest BCUT2D eigenvalue weighted by molar-refractivity contribution is 0.569. The van der Waals surface area contributed by atoms with Crippen LogP contribution in [0.1, 0.15) is 12.1 Å². The van der Waals surface area contributed by atoms with Gasteiger partial charge in [0, 0.05) is 30.5 Å². The largest absolute Gasteiger partial charge is 0.370 e. The van der Waals surface area contributed by atoms with E-state index in [-0.39, 0.29) is 5.82 Å². The number of nitrogens with one attached hydrogen (secondary N) is 1. The van der Waals surface area contributed by atoms with Gasteiger partial charge in [-0.15, -0.1) is 0 Å². The summed E-state index contributed by atoms with van der Waals surface area (Å²) in [4.78, 5) is 4.28. The van der Waals surface area contributed by atoms with E-state index in [0.29, 0.717) is 0 Å². The van der Waals surface area contributed by atoms with Gasteiger partial charge in [-0.3, -0.25) is 4.98 Å². The number of hydrogen-bond acceptors (Lipinski definition) is 3. The highest BCUT2D eigenvalue weighted by Crippen LogP contribution is 2.38. The van der Waals surface area contributed by atoms with E-state index in [2.05, 4.69) is 16.4 Å². The smallest absolute Gasteiger partial charge is 0.132 e. The van der Waals surface area contributed by atoms with E-state index in [1.807, 2.05) is 23.9 Å². The minimum atomic E-state index is -0.239. The third kappa shape index (κ3) is 2.48. The summed E-state index contributed by atoms with van der Waals surface area (Å²) in [6.45, 7) is 3.80. The van der Waals surface area contributed by atoms with Gasteiger partial charge in [0.25, 0.3) is 0 Å². The number of fused-ring (bicyclic) bond motifs is 1. The van der Waals surface area contributed by atoms with Crippen LogP contribution in [0.5, 0.6) is 0 Å². The third-order valence-corrected chi connectivity index (χ3v) is 4.09. The number of hydrogen-bond donors (Lipinski definition) is 1. The quantitative estimate of drug-likeness (QED) is 0.781. The number of anilines is 1. The molecule has 0 bridgehead atoms. The highest BCUT2D eigenvalue weighted by molar-refractivity contribution is 5.89. The van der Waals surface area contributed by atoms with Crippen LogP contribution < -0.4 is 5.32 Å². The van der Waals surface area contributed by atoms with Gasteiger partial charge >= 0.3 is 0 Å². The van der Waals surface area contributed by atoms with Crippen LogP contribution in [-0.2, 0) is 6.54 Å². The van der Waals surface area contributed by atoms with Crippen molar-refractivity contribution in [3.63, 3.8) is 0 Å².